The molecule has 40 heavy (non-hydrogen) atoms. The molecule has 0 aliphatic heterocycles. The molecule has 5 rings (SSSR count). The van der Waals surface area contributed by atoms with Crippen LogP contribution in [0.1, 0.15) is 10.4 Å². The van der Waals surface area contributed by atoms with Crippen molar-refractivity contribution in [2.45, 2.75) is 4.90 Å². The number of hydrogen-bond donors (Lipinski definition) is 2. The molecule has 0 aliphatic carbocycles. The maximum absolute atomic E-state index is 15.8. The Morgan fingerprint density at radius 1 is 0.850 bits per heavy atom. The first kappa shape index (κ1) is 27.0. The Bertz CT molecular complexity index is 1830. The molecule has 3 aromatic carbocycles. The van der Waals surface area contributed by atoms with Gasteiger partial charge < -0.3 is 0 Å². The number of carbonyl (C=O) groups is 1. The summed E-state index contributed by atoms with van der Waals surface area (Å²) in [4.78, 5) is 20.1. The van der Waals surface area contributed by atoms with Gasteiger partial charge >= 0.3 is 0 Å². The maximum atomic E-state index is 15.8. The highest BCUT2D eigenvalue weighted by atomic mass is 32.2. The van der Waals surface area contributed by atoms with Crippen LogP contribution in [0.3, 0.4) is 0 Å². The lowest BCUT2D eigenvalue weighted by Gasteiger charge is -2.13. The minimum atomic E-state index is -4.81. The van der Waals surface area contributed by atoms with E-state index in [4.69, 9.17) is 0 Å². The molecular formula is C27H16F4N4O3S2. The lowest BCUT2D eigenvalue weighted by molar-refractivity contribution is 0.102. The largest absolute Gasteiger partial charge is 0.298 e. The first-order valence-corrected chi connectivity index (χ1v) is 13.7. The van der Waals surface area contributed by atoms with Crippen molar-refractivity contribution >= 4 is 38.1 Å². The predicted molar refractivity (Wildman–Crippen MR) is 142 cm³/mol. The van der Waals surface area contributed by atoms with Crippen molar-refractivity contribution in [1.82, 2.24) is 9.97 Å². The minimum Gasteiger partial charge on any atom is -0.298 e. The first-order valence-electron chi connectivity index (χ1n) is 11.4. The van der Waals surface area contributed by atoms with Gasteiger partial charge in [-0.05, 0) is 60.2 Å². The molecule has 2 N–H and O–H groups in total. The van der Waals surface area contributed by atoms with Gasteiger partial charge in [0.1, 0.15) is 22.3 Å². The van der Waals surface area contributed by atoms with E-state index in [1.807, 2.05) is 4.72 Å². The van der Waals surface area contributed by atoms with E-state index in [0.29, 0.717) is 23.3 Å². The number of aromatic nitrogens is 2. The highest BCUT2D eigenvalue weighted by Crippen LogP contribution is 2.42. The van der Waals surface area contributed by atoms with Gasteiger partial charge in [-0.25, -0.2) is 31.0 Å². The standard InChI is InChI=1S/C27H16F4N4O3S2/c28-17-6-7-18(29)21(14-17)40(37,38)35-20-9-8-19(30)22(23(20)31)24-25(15-10-12-32-13-11-15)39-27(33-24)34-26(36)16-4-2-1-3-5-16/h1-14,35H,(H,33,34,36). The maximum Gasteiger partial charge on any atom is 0.265 e. The van der Waals surface area contributed by atoms with E-state index >= 15 is 8.78 Å². The summed E-state index contributed by atoms with van der Waals surface area (Å²) in [5, 5.41) is 2.62. The molecule has 0 radical (unpaired) electrons. The number of sulfonamides is 1. The molecule has 0 unspecified atom stereocenters. The molecule has 0 bridgehead atoms. The second-order valence-corrected chi connectivity index (χ2v) is 10.9. The van der Waals surface area contributed by atoms with Crippen LogP contribution in [-0.2, 0) is 10.0 Å². The van der Waals surface area contributed by atoms with Crippen molar-refractivity contribution in [2.24, 2.45) is 0 Å². The van der Waals surface area contributed by atoms with Crippen molar-refractivity contribution in [1.29, 1.82) is 0 Å². The Hall–Kier alpha value is -4.62. The normalized spacial score (nSPS) is 11.3. The summed E-state index contributed by atoms with van der Waals surface area (Å²) in [5.41, 5.74) is -0.878. The monoisotopic (exact) mass is 584 g/mol. The van der Waals surface area contributed by atoms with Gasteiger partial charge in [0.25, 0.3) is 15.9 Å². The molecule has 5 aromatic rings. The van der Waals surface area contributed by atoms with Gasteiger partial charge in [-0.1, -0.05) is 29.5 Å². The summed E-state index contributed by atoms with van der Waals surface area (Å²) in [6.45, 7) is 0. The molecule has 2 heterocycles. The van der Waals surface area contributed by atoms with Crippen molar-refractivity contribution in [2.75, 3.05) is 10.0 Å². The SMILES string of the molecule is O=C(Nc1nc(-c2c(F)ccc(NS(=O)(=O)c3cc(F)ccc3F)c2F)c(-c2ccncc2)s1)c1ccccc1. The molecule has 0 fully saturated rings. The molecule has 202 valence electrons. The lowest BCUT2D eigenvalue weighted by Crippen LogP contribution is -2.16. The van der Waals surface area contributed by atoms with Gasteiger partial charge in [0.05, 0.1) is 21.8 Å². The van der Waals surface area contributed by atoms with Gasteiger partial charge in [0.2, 0.25) is 0 Å². The Balaban J connectivity index is 1.60. The second kappa shape index (κ2) is 10.9. The third kappa shape index (κ3) is 5.42. The average molecular weight is 585 g/mol. The van der Waals surface area contributed by atoms with E-state index in [9.17, 15) is 22.0 Å². The van der Waals surface area contributed by atoms with Crippen molar-refractivity contribution < 1.29 is 30.8 Å². The molecule has 2 aromatic heterocycles. The fraction of sp³-hybridized carbons (Fsp3) is 0. The Morgan fingerprint density at radius 2 is 1.55 bits per heavy atom. The Kier molecular flexibility index (Phi) is 7.32. The number of nitrogens with zero attached hydrogens (tertiary/aromatic N) is 2. The number of carbonyl (C=O) groups excluding carboxylic acids is 1. The number of halogens is 4. The zero-order chi connectivity index (χ0) is 28.4. The van der Waals surface area contributed by atoms with E-state index < -0.39 is 55.3 Å². The third-order valence-corrected chi connectivity index (χ3v) is 7.98. The summed E-state index contributed by atoms with van der Waals surface area (Å²) in [6, 6.07) is 14.7. The molecule has 0 spiro atoms. The average Bonchev–Trinajstić information content (AvgIpc) is 3.35. The third-order valence-electron chi connectivity index (χ3n) is 5.58. The topological polar surface area (TPSA) is 101 Å². The van der Waals surface area contributed by atoms with Crippen LogP contribution in [0.2, 0.25) is 0 Å². The second-order valence-electron chi connectivity index (χ2n) is 8.22. The summed E-state index contributed by atoms with van der Waals surface area (Å²) in [6.07, 6.45) is 2.90. The number of pyridine rings is 1. The van der Waals surface area contributed by atoms with E-state index in [-0.39, 0.29) is 15.7 Å². The quantitative estimate of drug-likeness (QED) is 0.213. The van der Waals surface area contributed by atoms with Crippen LogP contribution in [0.4, 0.5) is 28.4 Å². The smallest absolute Gasteiger partial charge is 0.265 e. The molecule has 0 atom stereocenters. The van der Waals surface area contributed by atoms with E-state index in [1.54, 1.807) is 42.5 Å². The summed E-state index contributed by atoms with van der Waals surface area (Å²) < 4.78 is 86.1. The van der Waals surface area contributed by atoms with Crippen LogP contribution in [-0.4, -0.2) is 24.3 Å². The summed E-state index contributed by atoms with van der Waals surface area (Å²) in [5.74, 6) is -5.26. The van der Waals surface area contributed by atoms with Gasteiger partial charge in [0, 0.05) is 18.0 Å². The van der Waals surface area contributed by atoms with Crippen molar-refractivity contribution in [3.05, 3.63) is 114 Å². The van der Waals surface area contributed by atoms with Crippen molar-refractivity contribution in [3.8, 4) is 21.7 Å². The van der Waals surface area contributed by atoms with Crippen LogP contribution < -0.4 is 10.0 Å². The molecule has 1 amide bonds. The van der Waals surface area contributed by atoms with Gasteiger partial charge in [-0.15, -0.1) is 0 Å². The van der Waals surface area contributed by atoms with Gasteiger partial charge in [-0.3, -0.25) is 19.8 Å². The van der Waals surface area contributed by atoms with Crippen molar-refractivity contribution in [3.63, 3.8) is 0 Å². The molecule has 13 heteroatoms. The van der Waals surface area contributed by atoms with Crippen LogP contribution in [0, 0.1) is 23.3 Å². The summed E-state index contributed by atoms with van der Waals surface area (Å²) >= 11 is 0.933. The molecule has 0 aliphatic rings. The zero-order valence-corrected chi connectivity index (χ0v) is 21.7. The number of thiazole rings is 1. The fourth-order valence-electron chi connectivity index (χ4n) is 3.73. The number of hydrogen-bond acceptors (Lipinski definition) is 6. The number of rotatable bonds is 7. The lowest BCUT2D eigenvalue weighted by atomic mass is 10.1. The van der Waals surface area contributed by atoms with Crippen LogP contribution in [0.5, 0.6) is 0 Å². The van der Waals surface area contributed by atoms with E-state index in [1.165, 1.54) is 12.4 Å². The van der Waals surface area contributed by atoms with Crippen LogP contribution >= 0.6 is 11.3 Å². The Labute approximate surface area is 229 Å². The van der Waals surface area contributed by atoms with Gasteiger partial charge in [0.15, 0.2) is 10.9 Å². The molecule has 7 nitrogen and oxygen atoms in total. The molecule has 0 saturated carbocycles. The highest BCUT2D eigenvalue weighted by Gasteiger charge is 2.27. The number of benzene rings is 3. The zero-order valence-electron chi connectivity index (χ0n) is 20.0. The fourth-order valence-corrected chi connectivity index (χ4v) is 5.85. The predicted octanol–water partition coefficient (Wildman–Crippen LogP) is 6.48. The Morgan fingerprint density at radius 3 is 2.27 bits per heavy atom. The number of amides is 1. The van der Waals surface area contributed by atoms with E-state index in [0.717, 1.165) is 29.5 Å². The number of anilines is 2. The number of nitrogens with one attached hydrogen (secondary N) is 2. The van der Waals surface area contributed by atoms with Crippen LogP contribution in [0.25, 0.3) is 21.7 Å². The minimum absolute atomic E-state index is 0.0160. The van der Waals surface area contributed by atoms with Gasteiger partial charge in [-0.2, -0.15) is 0 Å². The molecular weight excluding hydrogens is 568 g/mol. The first-order chi connectivity index (χ1) is 19.1. The summed E-state index contributed by atoms with van der Waals surface area (Å²) in [7, 11) is -4.81. The van der Waals surface area contributed by atoms with E-state index in [2.05, 4.69) is 15.3 Å². The van der Waals surface area contributed by atoms with Crippen LogP contribution in [0.15, 0.2) is 90.1 Å². The highest BCUT2D eigenvalue weighted by molar-refractivity contribution is 7.92. The molecule has 0 saturated heterocycles.